The van der Waals surface area contributed by atoms with Crippen molar-refractivity contribution >= 4 is 0 Å². The van der Waals surface area contributed by atoms with Gasteiger partial charge in [0.2, 0.25) is 0 Å². The van der Waals surface area contributed by atoms with Gasteiger partial charge in [0.1, 0.15) is 5.60 Å². The Morgan fingerprint density at radius 3 is 2.83 bits per heavy atom. The average Bonchev–Trinajstić information content (AvgIpc) is 2.43. The molecule has 0 saturated carbocycles. The minimum Gasteiger partial charge on any atom is -0.384 e. The van der Waals surface area contributed by atoms with E-state index in [4.69, 9.17) is 0 Å². The fraction of sp³-hybridized carbons (Fsp3) is 1.00. The fourth-order valence-corrected chi connectivity index (χ4v) is 2.27. The third kappa shape index (κ3) is 1.05. The first-order valence-electron chi connectivity index (χ1n) is 4.36. The van der Waals surface area contributed by atoms with E-state index in [9.17, 15) is 13.9 Å². The van der Waals surface area contributed by atoms with Gasteiger partial charge in [-0.3, -0.25) is 0 Å². The van der Waals surface area contributed by atoms with Gasteiger partial charge in [-0.1, -0.05) is 0 Å². The summed E-state index contributed by atoms with van der Waals surface area (Å²) in [5, 5.41) is 9.66. The Balaban J connectivity index is 2.15. The van der Waals surface area contributed by atoms with Crippen molar-refractivity contribution in [1.29, 1.82) is 0 Å². The van der Waals surface area contributed by atoms with E-state index in [1.54, 1.807) is 0 Å². The Bertz CT molecular complexity index is 188. The van der Waals surface area contributed by atoms with Crippen LogP contribution in [0.15, 0.2) is 0 Å². The largest absolute Gasteiger partial charge is 0.384 e. The highest BCUT2D eigenvalue weighted by molar-refractivity contribution is 4.99. The molecule has 2 aliphatic heterocycles. The first-order valence-corrected chi connectivity index (χ1v) is 4.36. The Labute approximate surface area is 70.2 Å². The Hall–Kier alpha value is -0.220. The number of nitrogens with zero attached hydrogens (tertiary/aromatic N) is 1. The first-order chi connectivity index (χ1) is 5.63. The van der Waals surface area contributed by atoms with E-state index in [0.29, 0.717) is 13.1 Å². The van der Waals surface area contributed by atoms with Crippen LogP contribution in [-0.2, 0) is 0 Å². The minimum absolute atomic E-state index is 0.203. The summed E-state index contributed by atoms with van der Waals surface area (Å²) < 4.78 is 25.0. The van der Waals surface area contributed by atoms with Crippen molar-refractivity contribution in [3.05, 3.63) is 0 Å². The van der Waals surface area contributed by atoms with Crippen LogP contribution in [0.3, 0.4) is 0 Å². The summed E-state index contributed by atoms with van der Waals surface area (Å²) in [4.78, 5) is 2.14. The van der Waals surface area contributed by atoms with Crippen molar-refractivity contribution in [3.63, 3.8) is 0 Å². The third-order valence-electron chi connectivity index (χ3n) is 3.19. The molecule has 2 heterocycles. The maximum Gasteiger partial charge on any atom is 0.267 e. The quantitative estimate of drug-likeness (QED) is 0.637. The van der Waals surface area contributed by atoms with Crippen molar-refractivity contribution < 1.29 is 13.9 Å². The van der Waals surface area contributed by atoms with Crippen LogP contribution in [0.25, 0.3) is 0 Å². The van der Waals surface area contributed by atoms with Crippen LogP contribution in [0, 0.1) is 5.92 Å². The van der Waals surface area contributed by atoms with E-state index in [0.717, 1.165) is 13.0 Å². The van der Waals surface area contributed by atoms with Crippen molar-refractivity contribution in [3.8, 4) is 0 Å². The lowest BCUT2D eigenvalue weighted by Gasteiger charge is -2.37. The molecule has 2 rings (SSSR count). The molecule has 2 aliphatic rings. The van der Waals surface area contributed by atoms with Crippen molar-refractivity contribution in [2.45, 2.75) is 24.9 Å². The zero-order valence-corrected chi connectivity index (χ0v) is 6.84. The number of fused-ring (bicyclic) bond motifs is 2. The summed E-state index contributed by atoms with van der Waals surface area (Å²) in [6, 6.07) is 0. The molecule has 2 fully saturated rings. The molecule has 0 amide bonds. The summed E-state index contributed by atoms with van der Waals surface area (Å²) >= 11 is 0. The topological polar surface area (TPSA) is 23.5 Å². The number of rotatable bonds is 1. The van der Waals surface area contributed by atoms with Gasteiger partial charge in [-0.2, -0.15) is 0 Å². The molecular formula is C8H13F2NO. The molecular weight excluding hydrogens is 164 g/mol. The SMILES string of the molecule is OC1(C(F)F)CCN2CCC1C2. The number of alkyl halides is 2. The van der Waals surface area contributed by atoms with Crippen molar-refractivity contribution in [1.82, 2.24) is 4.90 Å². The summed E-state index contributed by atoms with van der Waals surface area (Å²) in [5.41, 5.74) is -1.69. The zero-order chi connectivity index (χ0) is 8.77. The summed E-state index contributed by atoms with van der Waals surface area (Å²) in [7, 11) is 0. The second-order valence-electron chi connectivity index (χ2n) is 3.83. The molecule has 12 heavy (non-hydrogen) atoms. The smallest absolute Gasteiger partial charge is 0.267 e. The van der Waals surface area contributed by atoms with Gasteiger partial charge in [0.25, 0.3) is 6.43 Å². The lowest BCUT2D eigenvalue weighted by molar-refractivity contribution is -0.146. The summed E-state index contributed by atoms with van der Waals surface area (Å²) in [6.45, 7) is 2.15. The molecule has 3 atom stereocenters. The van der Waals surface area contributed by atoms with Crippen LogP contribution >= 0.6 is 0 Å². The Morgan fingerprint density at radius 2 is 2.17 bits per heavy atom. The van der Waals surface area contributed by atoms with Gasteiger partial charge >= 0.3 is 0 Å². The second-order valence-corrected chi connectivity index (χ2v) is 3.83. The van der Waals surface area contributed by atoms with Gasteiger partial charge in [-0.15, -0.1) is 0 Å². The molecule has 0 spiro atoms. The maximum absolute atomic E-state index is 12.5. The van der Waals surface area contributed by atoms with E-state index >= 15 is 0 Å². The van der Waals surface area contributed by atoms with Crippen LogP contribution in [0.5, 0.6) is 0 Å². The van der Waals surface area contributed by atoms with E-state index < -0.39 is 12.0 Å². The van der Waals surface area contributed by atoms with Gasteiger partial charge in [0, 0.05) is 19.0 Å². The molecule has 2 saturated heterocycles. The third-order valence-corrected chi connectivity index (χ3v) is 3.19. The Morgan fingerprint density at radius 1 is 1.42 bits per heavy atom. The molecule has 70 valence electrons. The average molecular weight is 177 g/mol. The molecule has 4 heteroatoms. The van der Waals surface area contributed by atoms with Crippen molar-refractivity contribution in [2.75, 3.05) is 19.6 Å². The number of aliphatic hydroxyl groups is 1. The molecule has 0 aromatic carbocycles. The highest BCUT2D eigenvalue weighted by Crippen LogP contribution is 2.39. The lowest BCUT2D eigenvalue weighted by Crippen LogP contribution is -2.51. The molecule has 2 bridgehead atoms. The molecule has 3 unspecified atom stereocenters. The van der Waals surface area contributed by atoms with Crippen LogP contribution in [-0.4, -0.2) is 41.7 Å². The number of hydrogen-bond donors (Lipinski definition) is 1. The maximum atomic E-state index is 12.5. The predicted octanol–water partition coefficient (Wildman–Crippen LogP) is 0.708. The molecule has 0 aliphatic carbocycles. The van der Waals surface area contributed by atoms with E-state index in [-0.39, 0.29) is 12.3 Å². The molecule has 0 aromatic heterocycles. The first kappa shape index (κ1) is 8.38. The van der Waals surface area contributed by atoms with Crippen LogP contribution in [0.2, 0.25) is 0 Å². The monoisotopic (exact) mass is 177 g/mol. The van der Waals surface area contributed by atoms with E-state index in [1.165, 1.54) is 0 Å². The normalized spacial score (nSPS) is 47.0. The highest BCUT2D eigenvalue weighted by atomic mass is 19.3. The Kier molecular flexibility index (Phi) is 1.84. The van der Waals surface area contributed by atoms with Gasteiger partial charge in [-0.05, 0) is 19.4 Å². The van der Waals surface area contributed by atoms with Crippen LogP contribution < -0.4 is 0 Å². The number of hydrogen-bond acceptors (Lipinski definition) is 2. The molecule has 0 aromatic rings. The van der Waals surface area contributed by atoms with Gasteiger partial charge in [0.05, 0.1) is 0 Å². The molecule has 2 nitrogen and oxygen atoms in total. The van der Waals surface area contributed by atoms with Crippen LogP contribution in [0.4, 0.5) is 8.78 Å². The number of halogens is 2. The second kappa shape index (κ2) is 2.64. The summed E-state index contributed by atoms with van der Waals surface area (Å²) in [6.07, 6.45) is -1.63. The highest BCUT2D eigenvalue weighted by Gasteiger charge is 2.50. The fourth-order valence-electron chi connectivity index (χ4n) is 2.27. The number of piperidine rings is 1. The van der Waals surface area contributed by atoms with Crippen LogP contribution in [0.1, 0.15) is 12.8 Å². The van der Waals surface area contributed by atoms with E-state index in [1.807, 2.05) is 0 Å². The summed E-state index contributed by atoms with van der Waals surface area (Å²) in [5.74, 6) is -0.203. The lowest BCUT2D eigenvalue weighted by atomic mass is 9.82. The molecule has 1 N–H and O–H groups in total. The standard InChI is InChI=1S/C8H13F2NO/c9-7(10)8(12)2-4-11-3-1-6(8)5-11/h6-7,12H,1-5H2. The zero-order valence-electron chi connectivity index (χ0n) is 6.84. The molecule has 0 radical (unpaired) electrons. The predicted molar refractivity (Wildman–Crippen MR) is 40.1 cm³/mol. The van der Waals surface area contributed by atoms with Gasteiger partial charge in [0.15, 0.2) is 0 Å². The van der Waals surface area contributed by atoms with Gasteiger partial charge in [-0.25, -0.2) is 8.78 Å². The van der Waals surface area contributed by atoms with E-state index in [2.05, 4.69) is 4.90 Å². The van der Waals surface area contributed by atoms with Crippen molar-refractivity contribution in [2.24, 2.45) is 5.92 Å². The van der Waals surface area contributed by atoms with Gasteiger partial charge < -0.3 is 10.0 Å². The minimum atomic E-state index is -2.58.